The molecule has 1 atom stereocenters. The maximum Gasteiger partial charge on any atom is 0.316 e. The van der Waals surface area contributed by atoms with Gasteiger partial charge in [-0.3, -0.25) is 0 Å². The summed E-state index contributed by atoms with van der Waals surface area (Å²) < 4.78 is 0. The number of benzene rings is 1. The second-order valence-corrected chi connectivity index (χ2v) is 5.20. The van der Waals surface area contributed by atoms with Crippen LogP contribution in [-0.4, -0.2) is 42.3 Å². The first-order valence-electron chi connectivity index (χ1n) is 6.05. The summed E-state index contributed by atoms with van der Waals surface area (Å²) in [5.41, 5.74) is 0.130. The van der Waals surface area contributed by atoms with E-state index < -0.39 is 5.60 Å². The Hall–Kier alpha value is -1.55. The van der Waals surface area contributed by atoms with Crippen molar-refractivity contribution in [2.45, 2.75) is 25.4 Å². The number of urea groups is 1. The third-order valence-corrected chi connectivity index (χ3v) is 2.92. The molecule has 0 heterocycles. The van der Waals surface area contributed by atoms with Gasteiger partial charge in [0.25, 0.3) is 0 Å². The van der Waals surface area contributed by atoms with E-state index >= 15 is 0 Å². The fraction of sp³-hybridized carbons (Fsp3) is 0.500. The van der Waals surface area contributed by atoms with Crippen LogP contribution in [0.4, 0.5) is 4.79 Å². The van der Waals surface area contributed by atoms with Gasteiger partial charge in [-0.25, -0.2) is 4.79 Å². The predicted molar refractivity (Wildman–Crippen MR) is 72.6 cm³/mol. The highest BCUT2D eigenvalue weighted by Crippen LogP contribution is 2.27. The summed E-state index contributed by atoms with van der Waals surface area (Å²) in [6, 6.07) is 9.57. The minimum atomic E-state index is -0.888. The van der Waals surface area contributed by atoms with Gasteiger partial charge in [-0.2, -0.15) is 0 Å². The molecule has 0 radical (unpaired) electrons. The fourth-order valence-corrected chi connectivity index (χ4v) is 1.81. The molecule has 1 unspecified atom stereocenters. The number of rotatable bonds is 4. The van der Waals surface area contributed by atoms with Crippen molar-refractivity contribution in [1.29, 1.82) is 0 Å². The van der Waals surface area contributed by atoms with E-state index in [4.69, 9.17) is 0 Å². The van der Waals surface area contributed by atoms with Crippen LogP contribution in [0, 0.1) is 0 Å². The van der Waals surface area contributed by atoms with Crippen molar-refractivity contribution in [3.05, 3.63) is 35.9 Å². The Labute approximate surface area is 109 Å². The van der Waals surface area contributed by atoms with Crippen LogP contribution in [-0.2, 0) is 0 Å². The molecule has 100 valence electrons. The molecule has 0 saturated carbocycles. The minimum Gasteiger partial charge on any atom is -0.390 e. The Morgan fingerprint density at radius 2 is 1.89 bits per heavy atom. The number of aliphatic hydroxyl groups is 1. The average Bonchev–Trinajstić information content (AvgIpc) is 2.28. The largest absolute Gasteiger partial charge is 0.390 e. The van der Waals surface area contributed by atoms with Crippen LogP contribution in [0.5, 0.6) is 0 Å². The summed E-state index contributed by atoms with van der Waals surface area (Å²) in [7, 11) is 3.38. The number of hydrogen-bond acceptors (Lipinski definition) is 2. The lowest BCUT2D eigenvalue weighted by Crippen LogP contribution is -2.42. The van der Waals surface area contributed by atoms with E-state index in [-0.39, 0.29) is 11.9 Å². The molecule has 0 aliphatic heterocycles. The average molecular weight is 250 g/mol. The number of nitrogens with zero attached hydrogens (tertiary/aromatic N) is 1. The molecule has 0 bridgehead atoms. The summed E-state index contributed by atoms with van der Waals surface area (Å²) in [4.78, 5) is 13.0. The van der Waals surface area contributed by atoms with Crippen LogP contribution in [0.1, 0.15) is 25.3 Å². The maximum absolute atomic E-state index is 11.5. The number of carbonyl (C=O) groups is 1. The highest BCUT2D eigenvalue weighted by atomic mass is 16.3. The van der Waals surface area contributed by atoms with Crippen LogP contribution in [0.15, 0.2) is 30.3 Å². The zero-order valence-electron chi connectivity index (χ0n) is 11.5. The second kappa shape index (κ2) is 5.87. The zero-order chi connectivity index (χ0) is 13.8. The lowest BCUT2D eigenvalue weighted by Gasteiger charge is -2.30. The monoisotopic (exact) mass is 250 g/mol. The second-order valence-electron chi connectivity index (χ2n) is 5.20. The van der Waals surface area contributed by atoms with Crippen molar-refractivity contribution in [2.24, 2.45) is 0 Å². The zero-order valence-corrected chi connectivity index (χ0v) is 11.5. The molecule has 4 nitrogen and oxygen atoms in total. The van der Waals surface area contributed by atoms with Gasteiger partial charge >= 0.3 is 6.03 Å². The summed E-state index contributed by atoms with van der Waals surface area (Å²) in [5.74, 6) is -0.136. The van der Waals surface area contributed by atoms with Crippen LogP contribution in [0.25, 0.3) is 0 Å². The van der Waals surface area contributed by atoms with Crippen molar-refractivity contribution < 1.29 is 9.90 Å². The van der Waals surface area contributed by atoms with Gasteiger partial charge in [0.05, 0.1) is 5.60 Å². The highest BCUT2D eigenvalue weighted by Gasteiger charge is 2.28. The lowest BCUT2D eigenvalue weighted by atomic mass is 9.84. The van der Waals surface area contributed by atoms with Gasteiger partial charge in [0, 0.05) is 26.6 Å². The van der Waals surface area contributed by atoms with E-state index in [0.717, 1.165) is 5.56 Å². The lowest BCUT2D eigenvalue weighted by molar-refractivity contribution is 0.0501. The molecule has 4 heteroatoms. The van der Waals surface area contributed by atoms with E-state index in [1.165, 1.54) is 4.90 Å². The van der Waals surface area contributed by atoms with Crippen LogP contribution in [0.3, 0.4) is 0 Å². The van der Waals surface area contributed by atoms with E-state index in [2.05, 4.69) is 5.32 Å². The molecular weight excluding hydrogens is 228 g/mol. The highest BCUT2D eigenvalue weighted by molar-refractivity contribution is 5.73. The van der Waals surface area contributed by atoms with E-state index in [0.29, 0.717) is 6.54 Å². The number of amides is 2. The quantitative estimate of drug-likeness (QED) is 0.856. The van der Waals surface area contributed by atoms with Crippen LogP contribution < -0.4 is 5.32 Å². The molecule has 0 aromatic heterocycles. The van der Waals surface area contributed by atoms with Crippen molar-refractivity contribution >= 4 is 6.03 Å². The van der Waals surface area contributed by atoms with Gasteiger partial charge < -0.3 is 15.3 Å². The summed E-state index contributed by atoms with van der Waals surface area (Å²) in [5, 5.41) is 13.0. The van der Waals surface area contributed by atoms with Crippen molar-refractivity contribution in [3.63, 3.8) is 0 Å². The first-order chi connectivity index (χ1) is 8.32. The third-order valence-electron chi connectivity index (χ3n) is 2.92. The predicted octanol–water partition coefficient (Wildman–Crippen LogP) is 1.81. The number of hydrogen-bond donors (Lipinski definition) is 2. The molecule has 1 rings (SSSR count). The van der Waals surface area contributed by atoms with Gasteiger partial charge in [0.2, 0.25) is 0 Å². The third kappa shape index (κ3) is 4.04. The van der Waals surface area contributed by atoms with E-state index in [1.807, 2.05) is 30.3 Å². The molecule has 0 spiro atoms. The Bertz CT molecular complexity index is 383. The first-order valence-corrected chi connectivity index (χ1v) is 6.05. The molecule has 0 aliphatic rings. The Morgan fingerprint density at radius 3 is 2.33 bits per heavy atom. The molecular formula is C14H22N2O2. The van der Waals surface area contributed by atoms with Gasteiger partial charge in [-0.05, 0) is 19.4 Å². The minimum absolute atomic E-state index is 0.136. The van der Waals surface area contributed by atoms with Crippen LogP contribution in [0.2, 0.25) is 0 Å². The summed E-state index contributed by atoms with van der Waals surface area (Å²) in [6.45, 7) is 3.92. The topological polar surface area (TPSA) is 52.6 Å². The van der Waals surface area contributed by atoms with Crippen LogP contribution >= 0.6 is 0 Å². The first kappa shape index (κ1) is 14.5. The molecule has 0 saturated heterocycles. The van der Waals surface area contributed by atoms with Crippen molar-refractivity contribution in [1.82, 2.24) is 10.2 Å². The molecule has 2 amide bonds. The standard InChI is InChI=1S/C14H22N2O2/c1-14(2,18)12(10-15-13(17)16(3)4)11-8-6-5-7-9-11/h5-9,12,18H,10H2,1-4H3,(H,15,17). The number of nitrogens with one attached hydrogen (secondary N) is 1. The summed E-state index contributed by atoms with van der Waals surface area (Å²) in [6.07, 6.45) is 0. The van der Waals surface area contributed by atoms with Gasteiger partial charge in [-0.1, -0.05) is 30.3 Å². The van der Waals surface area contributed by atoms with E-state index in [1.54, 1.807) is 27.9 Å². The molecule has 0 aliphatic carbocycles. The molecule has 2 N–H and O–H groups in total. The van der Waals surface area contributed by atoms with Gasteiger partial charge in [0.15, 0.2) is 0 Å². The SMILES string of the molecule is CN(C)C(=O)NCC(c1ccccc1)C(C)(C)O. The van der Waals surface area contributed by atoms with Crippen molar-refractivity contribution in [3.8, 4) is 0 Å². The summed E-state index contributed by atoms with van der Waals surface area (Å²) >= 11 is 0. The molecule has 18 heavy (non-hydrogen) atoms. The fourth-order valence-electron chi connectivity index (χ4n) is 1.81. The number of carbonyl (C=O) groups excluding carboxylic acids is 1. The smallest absolute Gasteiger partial charge is 0.316 e. The normalized spacial score (nSPS) is 12.9. The van der Waals surface area contributed by atoms with Gasteiger partial charge in [-0.15, -0.1) is 0 Å². The maximum atomic E-state index is 11.5. The Kier molecular flexibility index (Phi) is 4.73. The molecule has 1 aromatic rings. The molecule has 1 aromatic carbocycles. The molecule has 0 fully saturated rings. The Morgan fingerprint density at radius 1 is 1.33 bits per heavy atom. The van der Waals surface area contributed by atoms with E-state index in [9.17, 15) is 9.90 Å². The van der Waals surface area contributed by atoms with Gasteiger partial charge in [0.1, 0.15) is 0 Å². The Balaban J connectivity index is 2.79. The van der Waals surface area contributed by atoms with Crippen molar-refractivity contribution in [2.75, 3.05) is 20.6 Å².